The van der Waals surface area contributed by atoms with E-state index in [1.165, 1.54) is 12.1 Å². The molecule has 1 rings (SSSR count). The lowest BCUT2D eigenvalue weighted by Gasteiger charge is -2.02. The molecule has 4 heteroatoms. The van der Waals surface area contributed by atoms with E-state index in [0.29, 0.717) is 11.3 Å². The molecule has 0 amide bonds. The van der Waals surface area contributed by atoms with Gasteiger partial charge < -0.3 is 10.2 Å². The van der Waals surface area contributed by atoms with Gasteiger partial charge in [-0.05, 0) is 32.9 Å². The third-order valence-electron chi connectivity index (χ3n) is 1.77. The third-order valence-corrected chi connectivity index (χ3v) is 1.77. The van der Waals surface area contributed by atoms with Gasteiger partial charge in [-0.3, -0.25) is 0 Å². The topological polar surface area (TPSA) is 65.2 Å². The summed E-state index contributed by atoms with van der Waals surface area (Å²) in [5.41, 5.74) is 2.01. The lowest BCUT2D eigenvalue weighted by Crippen LogP contribution is -1.94. The number of rotatable bonds is 2. The average Bonchev–Trinajstić information content (AvgIpc) is 2.14. The Hall–Kier alpha value is -1.84. The van der Waals surface area contributed by atoms with Crippen LogP contribution in [0.5, 0.6) is 11.5 Å². The number of nitrogens with zero attached hydrogens (tertiary/aromatic N) is 2. The van der Waals surface area contributed by atoms with Gasteiger partial charge in [0.2, 0.25) is 0 Å². The summed E-state index contributed by atoms with van der Waals surface area (Å²) in [5, 5.41) is 26.5. The molecule has 1 aromatic carbocycles. The summed E-state index contributed by atoms with van der Waals surface area (Å²) >= 11 is 0. The highest BCUT2D eigenvalue weighted by atomic mass is 16.3. The molecule has 0 spiro atoms. The smallest absolute Gasteiger partial charge is 0.128 e. The summed E-state index contributed by atoms with van der Waals surface area (Å²) in [6.45, 7) is 5.43. The van der Waals surface area contributed by atoms with Gasteiger partial charge in [0.25, 0.3) is 0 Å². The number of phenols is 2. The van der Waals surface area contributed by atoms with Crippen LogP contribution in [0.25, 0.3) is 0 Å². The van der Waals surface area contributed by atoms with Crippen LogP contribution in [0.15, 0.2) is 28.4 Å². The monoisotopic (exact) mass is 206 g/mol. The summed E-state index contributed by atoms with van der Waals surface area (Å²) in [4.78, 5) is 0. The number of hydrogen-bond acceptors (Lipinski definition) is 4. The Morgan fingerprint density at radius 1 is 1.07 bits per heavy atom. The van der Waals surface area contributed by atoms with E-state index < -0.39 is 0 Å². The van der Waals surface area contributed by atoms with Crippen molar-refractivity contribution in [1.29, 1.82) is 0 Å². The minimum atomic E-state index is 0.000191. The molecule has 0 heterocycles. The Kier molecular flexibility index (Phi) is 3.44. The normalized spacial score (nSPS) is 11.3. The van der Waals surface area contributed by atoms with Gasteiger partial charge in [0.05, 0.1) is 5.71 Å². The SMILES string of the molecule is CC(C)=N/N=C(\C)c1ccc(O)cc1O. The first-order valence-electron chi connectivity index (χ1n) is 4.58. The van der Waals surface area contributed by atoms with E-state index in [-0.39, 0.29) is 11.5 Å². The molecule has 0 aromatic heterocycles. The van der Waals surface area contributed by atoms with Crippen molar-refractivity contribution in [3.8, 4) is 11.5 Å². The van der Waals surface area contributed by atoms with Crippen molar-refractivity contribution in [3.63, 3.8) is 0 Å². The quantitative estimate of drug-likeness (QED) is 0.576. The molecule has 0 atom stereocenters. The first kappa shape index (κ1) is 11.2. The number of hydrogen-bond donors (Lipinski definition) is 2. The van der Waals surface area contributed by atoms with Crippen LogP contribution in [0.4, 0.5) is 0 Å². The zero-order chi connectivity index (χ0) is 11.4. The predicted molar refractivity (Wildman–Crippen MR) is 60.8 cm³/mol. The fourth-order valence-electron chi connectivity index (χ4n) is 1.05. The highest BCUT2D eigenvalue weighted by molar-refractivity contribution is 6.01. The molecular weight excluding hydrogens is 192 g/mol. The van der Waals surface area contributed by atoms with Gasteiger partial charge in [0, 0.05) is 17.3 Å². The maximum Gasteiger partial charge on any atom is 0.128 e. The molecule has 0 saturated carbocycles. The van der Waals surface area contributed by atoms with Crippen molar-refractivity contribution < 1.29 is 10.2 Å². The van der Waals surface area contributed by atoms with Crippen molar-refractivity contribution in [3.05, 3.63) is 23.8 Å². The predicted octanol–water partition coefficient (Wildman–Crippen LogP) is 2.30. The molecule has 4 nitrogen and oxygen atoms in total. The zero-order valence-corrected chi connectivity index (χ0v) is 9.02. The van der Waals surface area contributed by atoms with Gasteiger partial charge in [-0.1, -0.05) is 0 Å². The van der Waals surface area contributed by atoms with Crippen LogP contribution in [-0.4, -0.2) is 21.6 Å². The van der Waals surface area contributed by atoms with Crippen LogP contribution >= 0.6 is 0 Å². The summed E-state index contributed by atoms with van der Waals surface area (Å²) < 4.78 is 0. The lowest BCUT2D eigenvalue weighted by atomic mass is 10.1. The van der Waals surface area contributed by atoms with Crippen molar-refractivity contribution in [2.75, 3.05) is 0 Å². The molecule has 0 radical (unpaired) electrons. The highest BCUT2D eigenvalue weighted by Crippen LogP contribution is 2.23. The zero-order valence-electron chi connectivity index (χ0n) is 9.02. The average molecular weight is 206 g/mol. The molecular formula is C11H14N2O2. The largest absolute Gasteiger partial charge is 0.508 e. The van der Waals surface area contributed by atoms with Gasteiger partial charge >= 0.3 is 0 Å². The maximum atomic E-state index is 9.54. The Morgan fingerprint density at radius 3 is 2.27 bits per heavy atom. The Balaban J connectivity index is 3.06. The minimum absolute atomic E-state index is 0.000191. The third kappa shape index (κ3) is 3.09. The first-order chi connectivity index (χ1) is 7.00. The fraction of sp³-hybridized carbons (Fsp3) is 0.273. The van der Waals surface area contributed by atoms with Crippen molar-refractivity contribution in [2.24, 2.45) is 10.2 Å². The second kappa shape index (κ2) is 4.59. The Morgan fingerprint density at radius 2 is 1.73 bits per heavy atom. The van der Waals surface area contributed by atoms with Gasteiger partial charge in [-0.25, -0.2) is 0 Å². The highest BCUT2D eigenvalue weighted by Gasteiger charge is 2.04. The van der Waals surface area contributed by atoms with E-state index in [4.69, 9.17) is 5.11 Å². The number of benzene rings is 1. The molecule has 1 aromatic rings. The first-order valence-corrected chi connectivity index (χ1v) is 4.58. The standard InChI is InChI=1S/C11H14N2O2/c1-7(2)12-13-8(3)10-5-4-9(14)6-11(10)15/h4-6,14-15H,1-3H3/b13-8+. The minimum Gasteiger partial charge on any atom is -0.508 e. The number of aromatic hydroxyl groups is 2. The van der Waals surface area contributed by atoms with Crippen molar-refractivity contribution in [2.45, 2.75) is 20.8 Å². The van der Waals surface area contributed by atoms with Gasteiger partial charge in [-0.2, -0.15) is 10.2 Å². The van der Waals surface area contributed by atoms with Crippen LogP contribution < -0.4 is 0 Å². The second-order valence-corrected chi connectivity index (χ2v) is 3.43. The van der Waals surface area contributed by atoms with E-state index in [9.17, 15) is 5.11 Å². The molecule has 0 saturated heterocycles. The van der Waals surface area contributed by atoms with E-state index in [1.807, 2.05) is 13.8 Å². The summed E-state index contributed by atoms with van der Waals surface area (Å²) in [6, 6.07) is 4.37. The molecule has 0 unspecified atom stereocenters. The van der Waals surface area contributed by atoms with Crippen molar-refractivity contribution in [1.82, 2.24) is 0 Å². The maximum absolute atomic E-state index is 9.54. The van der Waals surface area contributed by atoms with Crippen LogP contribution in [0.2, 0.25) is 0 Å². The fourth-order valence-corrected chi connectivity index (χ4v) is 1.05. The molecule has 0 aliphatic carbocycles. The Bertz CT molecular complexity index is 419. The molecule has 0 fully saturated rings. The molecule has 0 bridgehead atoms. The van der Waals surface area contributed by atoms with E-state index in [1.54, 1.807) is 13.0 Å². The lowest BCUT2D eigenvalue weighted by molar-refractivity contribution is 0.450. The summed E-state index contributed by atoms with van der Waals surface area (Å²) in [6.07, 6.45) is 0. The summed E-state index contributed by atoms with van der Waals surface area (Å²) in [5.74, 6) is 0.0272. The van der Waals surface area contributed by atoms with Crippen molar-refractivity contribution >= 4 is 11.4 Å². The van der Waals surface area contributed by atoms with Gasteiger partial charge in [0.1, 0.15) is 11.5 Å². The second-order valence-electron chi connectivity index (χ2n) is 3.43. The van der Waals surface area contributed by atoms with Crippen LogP contribution in [0.1, 0.15) is 26.3 Å². The Labute approximate surface area is 88.6 Å². The molecule has 15 heavy (non-hydrogen) atoms. The molecule has 80 valence electrons. The van der Waals surface area contributed by atoms with E-state index in [2.05, 4.69) is 10.2 Å². The molecule has 0 aliphatic heterocycles. The van der Waals surface area contributed by atoms with Gasteiger partial charge in [-0.15, -0.1) is 0 Å². The van der Waals surface area contributed by atoms with Crippen LogP contribution in [0.3, 0.4) is 0 Å². The molecule has 0 aliphatic rings. The van der Waals surface area contributed by atoms with E-state index in [0.717, 1.165) is 5.71 Å². The van der Waals surface area contributed by atoms with Crippen LogP contribution in [-0.2, 0) is 0 Å². The number of phenolic OH excluding ortho intramolecular Hbond substituents is 2. The van der Waals surface area contributed by atoms with Crippen LogP contribution in [0, 0.1) is 0 Å². The van der Waals surface area contributed by atoms with E-state index >= 15 is 0 Å². The summed E-state index contributed by atoms with van der Waals surface area (Å²) in [7, 11) is 0. The van der Waals surface area contributed by atoms with Gasteiger partial charge in [0.15, 0.2) is 0 Å². The molecule has 2 N–H and O–H groups in total.